The summed E-state index contributed by atoms with van der Waals surface area (Å²) < 4.78 is 5.33. The minimum absolute atomic E-state index is 0.0213. The number of likely N-dealkylation sites (tertiary alicyclic amines) is 2. The molecule has 5 nitrogen and oxygen atoms in total. The molecule has 126 valence electrons. The number of ether oxygens (including phenoxy) is 1. The second-order valence-electron chi connectivity index (χ2n) is 6.82. The molecule has 3 rings (SSSR count). The first kappa shape index (κ1) is 16.3. The number of aliphatic hydroxyl groups is 1. The van der Waals surface area contributed by atoms with E-state index in [2.05, 4.69) is 11.9 Å². The molecule has 1 aromatic rings. The summed E-state index contributed by atoms with van der Waals surface area (Å²) >= 11 is 0. The van der Waals surface area contributed by atoms with Crippen LogP contribution in [0.2, 0.25) is 0 Å². The maximum atomic E-state index is 12.9. The number of amides is 1. The molecule has 0 radical (unpaired) electrons. The lowest BCUT2D eigenvalue weighted by Gasteiger charge is -2.53. The fourth-order valence-electron chi connectivity index (χ4n) is 4.19. The fraction of sp³-hybridized carbons (Fsp3) is 0.611. The summed E-state index contributed by atoms with van der Waals surface area (Å²) in [7, 11) is 3.69. The van der Waals surface area contributed by atoms with E-state index >= 15 is 0 Å². The number of nitrogens with zero attached hydrogens (tertiary/aromatic N) is 2. The Morgan fingerprint density at radius 1 is 1.35 bits per heavy atom. The topological polar surface area (TPSA) is 53.0 Å². The Morgan fingerprint density at radius 2 is 2.13 bits per heavy atom. The summed E-state index contributed by atoms with van der Waals surface area (Å²) in [5.41, 5.74) is 0.565. The monoisotopic (exact) mass is 318 g/mol. The Kier molecular flexibility index (Phi) is 4.60. The van der Waals surface area contributed by atoms with Gasteiger partial charge in [-0.3, -0.25) is 4.79 Å². The van der Waals surface area contributed by atoms with Crippen LogP contribution in [0.5, 0.6) is 5.75 Å². The molecule has 2 aliphatic rings. The van der Waals surface area contributed by atoms with Crippen LogP contribution in [0, 0.1) is 5.41 Å². The molecule has 0 aromatic heterocycles. The molecule has 2 atom stereocenters. The predicted octanol–water partition coefficient (Wildman–Crippen LogP) is 1.61. The Hall–Kier alpha value is -1.59. The van der Waals surface area contributed by atoms with Crippen molar-refractivity contribution in [3.63, 3.8) is 0 Å². The molecule has 2 heterocycles. The second kappa shape index (κ2) is 6.49. The lowest BCUT2D eigenvalue weighted by atomic mass is 9.69. The molecule has 0 aliphatic carbocycles. The maximum Gasteiger partial charge on any atom is 0.257 e. The number of hydrogen-bond acceptors (Lipinski definition) is 4. The van der Waals surface area contributed by atoms with E-state index in [0.717, 1.165) is 25.8 Å². The van der Waals surface area contributed by atoms with Gasteiger partial charge in [-0.05, 0) is 45.0 Å². The van der Waals surface area contributed by atoms with E-state index in [0.29, 0.717) is 24.4 Å². The average molecular weight is 318 g/mol. The number of carbonyl (C=O) groups is 1. The van der Waals surface area contributed by atoms with Crippen LogP contribution in [-0.4, -0.2) is 67.3 Å². The minimum Gasteiger partial charge on any atom is -0.496 e. The summed E-state index contributed by atoms with van der Waals surface area (Å²) in [5, 5.41) is 9.97. The highest BCUT2D eigenvalue weighted by Gasteiger charge is 2.47. The van der Waals surface area contributed by atoms with E-state index in [9.17, 15) is 9.90 Å². The highest BCUT2D eigenvalue weighted by atomic mass is 16.5. The summed E-state index contributed by atoms with van der Waals surface area (Å²) in [4.78, 5) is 17.1. The van der Waals surface area contributed by atoms with Crippen LogP contribution >= 0.6 is 0 Å². The molecule has 5 heteroatoms. The quantitative estimate of drug-likeness (QED) is 0.920. The molecule has 0 saturated carbocycles. The van der Waals surface area contributed by atoms with Gasteiger partial charge >= 0.3 is 0 Å². The maximum absolute atomic E-state index is 12.9. The lowest BCUT2D eigenvalue weighted by molar-refractivity contribution is -0.0601. The van der Waals surface area contributed by atoms with E-state index < -0.39 is 0 Å². The number of para-hydroxylation sites is 1. The van der Waals surface area contributed by atoms with Gasteiger partial charge in [-0.25, -0.2) is 0 Å². The molecule has 1 aromatic carbocycles. The van der Waals surface area contributed by atoms with Gasteiger partial charge in [-0.2, -0.15) is 0 Å². The van der Waals surface area contributed by atoms with E-state index in [1.165, 1.54) is 0 Å². The smallest absolute Gasteiger partial charge is 0.257 e. The van der Waals surface area contributed by atoms with Gasteiger partial charge in [0, 0.05) is 24.5 Å². The molecule has 2 fully saturated rings. The molecule has 1 amide bonds. The van der Waals surface area contributed by atoms with E-state index in [4.69, 9.17) is 4.74 Å². The number of likely N-dealkylation sites (N-methyl/N-ethyl adjacent to an activating group) is 1. The number of rotatable bonds is 3. The van der Waals surface area contributed by atoms with Crippen molar-refractivity contribution in [2.45, 2.75) is 25.3 Å². The molecule has 23 heavy (non-hydrogen) atoms. The molecule has 0 bridgehead atoms. The number of carbonyl (C=O) groups excluding carboxylic acids is 1. The summed E-state index contributed by atoms with van der Waals surface area (Å²) in [5.74, 6) is 0.640. The Balaban J connectivity index is 1.82. The molecule has 2 saturated heterocycles. The summed E-state index contributed by atoms with van der Waals surface area (Å²) in [6, 6.07) is 7.61. The first-order valence-corrected chi connectivity index (χ1v) is 8.35. The molecule has 2 aliphatic heterocycles. The summed E-state index contributed by atoms with van der Waals surface area (Å²) in [6.45, 7) is 2.61. The van der Waals surface area contributed by atoms with Crippen molar-refractivity contribution >= 4 is 5.91 Å². The summed E-state index contributed by atoms with van der Waals surface area (Å²) in [6.07, 6.45) is 3.03. The number of aliphatic hydroxyl groups excluding tert-OH is 1. The predicted molar refractivity (Wildman–Crippen MR) is 88.7 cm³/mol. The van der Waals surface area contributed by atoms with Gasteiger partial charge in [-0.15, -0.1) is 0 Å². The fourth-order valence-corrected chi connectivity index (χ4v) is 4.19. The molecule has 0 unspecified atom stereocenters. The van der Waals surface area contributed by atoms with Gasteiger partial charge in [0.2, 0.25) is 0 Å². The SMILES string of the molecule is COc1ccccc1C(=O)N1CC[C@@]2(CO)CCCN(C)[C@@H]2C1. The first-order valence-electron chi connectivity index (χ1n) is 8.35. The number of methoxy groups -OCH3 is 1. The van der Waals surface area contributed by atoms with Crippen LogP contribution in [0.3, 0.4) is 0 Å². The Morgan fingerprint density at radius 3 is 2.87 bits per heavy atom. The van der Waals surface area contributed by atoms with Crippen molar-refractivity contribution in [2.24, 2.45) is 5.41 Å². The van der Waals surface area contributed by atoms with Gasteiger partial charge in [-0.1, -0.05) is 12.1 Å². The zero-order valence-electron chi connectivity index (χ0n) is 14.0. The van der Waals surface area contributed by atoms with Gasteiger partial charge in [0.05, 0.1) is 19.3 Å². The van der Waals surface area contributed by atoms with E-state index in [1.54, 1.807) is 7.11 Å². The van der Waals surface area contributed by atoms with Crippen molar-refractivity contribution in [3.8, 4) is 5.75 Å². The van der Waals surface area contributed by atoms with Crippen LogP contribution in [-0.2, 0) is 0 Å². The third-order valence-electron chi connectivity index (χ3n) is 5.64. The van der Waals surface area contributed by atoms with Crippen molar-refractivity contribution in [1.82, 2.24) is 9.80 Å². The van der Waals surface area contributed by atoms with Gasteiger partial charge in [0.1, 0.15) is 5.75 Å². The van der Waals surface area contributed by atoms with Crippen LogP contribution < -0.4 is 4.74 Å². The zero-order chi connectivity index (χ0) is 16.4. The molecular formula is C18H26N2O3. The van der Waals surface area contributed by atoms with Gasteiger partial charge < -0.3 is 19.6 Å². The third-order valence-corrected chi connectivity index (χ3v) is 5.64. The zero-order valence-corrected chi connectivity index (χ0v) is 14.0. The highest BCUT2D eigenvalue weighted by molar-refractivity contribution is 5.97. The highest BCUT2D eigenvalue weighted by Crippen LogP contribution is 2.41. The first-order chi connectivity index (χ1) is 11.1. The van der Waals surface area contributed by atoms with E-state index in [-0.39, 0.29) is 24.0 Å². The molecule has 0 spiro atoms. The number of hydrogen-bond donors (Lipinski definition) is 1. The van der Waals surface area contributed by atoms with Crippen LogP contribution in [0.25, 0.3) is 0 Å². The van der Waals surface area contributed by atoms with Gasteiger partial charge in [0.15, 0.2) is 0 Å². The van der Waals surface area contributed by atoms with Crippen molar-refractivity contribution in [3.05, 3.63) is 29.8 Å². The second-order valence-corrected chi connectivity index (χ2v) is 6.82. The van der Waals surface area contributed by atoms with Crippen molar-refractivity contribution in [1.29, 1.82) is 0 Å². The molecule has 1 N–H and O–H groups in total. The Labute approximate surface area is 137 Å². The standard InChI is InChI=1S/C18H26N2O3/c1-19-10-5-8-18(13-21)9-11-20(12-16(18)19)17(22)14-6-3-4-7-15(14)23-2/h3-4,6-7,16,21H,5,8-13H2,1-2H3/t16-,18-/m1/s1. The van der Waals surface area contributed by atoms with Gasteiger partial charge in [0.25, 0.3) is 5.91 Å². The van der Waals surface area contributed by atoms with Crippen molar-refractivity contribution < 1.29 is 14.6 Å². The Bertz CT molecular complexity index is 577. The minimum atomic E-state index is -0.0510. The molecular weight excluding hydrogens is 292 g/mol. The number of benzene rings is 1. The van der Waals surface area contributed by atoms with Crippen LogP contribution in [0.1, 0.15) is 29.6 Å². The van der Waals surface area contributed by atoms with Crippen LogP contribution in [0.15, 0.2) is 24.3 Å². The normalized spacial score (nSPS) is 28.3. The number of piperidine rings is 2. The van der Waals surface area contributed by atoms with E-state index in [1.807, 2.05) is 29.2 Å². The van der Waals surface area contributed by atoms with Crippen molar-refractivity contribution in [2.75, 3.05) is 40.4 Å². The largest absolute Gasteiger partial charge is 0.496 e. The third kappa shape index (κ3) is 2.83. The lowest BCUT2D eigenvalue weighted by Crippen LogP contribution is -2.62. The average Bonchev–Trinajstić information content (AvgIpc) is 2.61. The number of fused-ring (bicyclic) bond motifs is 1. The van der Waals surface area contributed by atoms with Crippen LogP contribution in [0.4, 0.5) is 0 Å².